The molecule has 0 spiro atoms. The van der Waals surface area contributed by atoms with E-state index >= 15 is 0 Å². The molecule has 0 aliphatic carbocycles. The number of hydrogen-bond donors (Lipinski definition) is 0. The first-order valence-corrected chi connectivity index (χ1v) is 10.6. The highest BCUT2D eigenvalue weighted by Gasteiger charge is 2.22. The molecule has 0 atom stereocenters. The van der Waals surface area contributed by atoms with Gasteiger partial charge in [-0.25, -0.2) is 9.97 Å². The number of aromatic nitrogens is 3. The zero-order valence-corrected chi connectivity index (χ0v) is 16.9. The van der Waals surface area contributed by atoms with Crippen LogP contribution in [0, 0.1) is 0 Å². The molecule has 0 unspecified atom stereocenters. The van der Waals surface area contributed by atoms with E-state index in [1.165, 1.54) is 11.6 Å². The topological polar surface area (TPSA) is 66.2 Å². The number of imidazole rings is 1. The van der Waals surface area contributed by atoms with Crippen molar-refractivity contribution < 1.29 is 14.3 Å². The quantitative estimate of drug-likeness (QED) is 0.458. The van der Waals surface area contributed by atoms with Crippen molar-refractivity contribution in [3.8, 4) is 10.6 Å². The molecule has 2 aromatic carbocycles. The third-order valence-electron chi connectivity index (χ3n) is 5.26. The number of carbonyl (C=O) groups excluding carboxylic acids is 1. The predicted molar refractivity (Wildman–Crippen MR) is 113 cm³/mol. The first-order chi connectivity index (χ1) is 14.2. The molecule has 4 aromatic rings. The van der Waals surface area contributed by atoms with E-state index in [-0.39, 0.29) is 12.6 Å². The van der Waals surface area contributed by atoms with E-state index in [0.717, 1.165) is 59.0 Å². The number of hydrogen-bond acceptors (Lipinski definition) is 6. The first kappa shape index (κ1) is 18.3. The van der Waals surface area contributed by atoms with Crippen LogP contribution in [0.3, 0.4) is 0 Å². The van der Waals surface area contributed by atoms with Gasteiger partial charge in [0, 0.05) is 31.7 Å². The molecule has 29 heavy (non-hydrogen) atoms. The normalized spacial score (nSPS) is 15.2. The Morgan fingerprint density at radius 3 is 2.79 bits per heavy atom. The molecule has 1 fully saturated rings. The molecular weight excluding hydrogens is 386 g/mol. The minimum Gasteiger partial charge on any atom is -0.458 e. The average molecular weight is 407 g/mol. The van der Waals surface area contributed by atoms with Gasteiger partial charge in [0.25, 0.3) is 0 Å². The van der Waals surface area contributed by atoms with E-state index in [1.54, 1.807) is 11.3 Å². The third-order valence-corrected chi connectivity index (χ3v) is 6.35. The van der Waals surface area contributed by atoms with Crippen molar-refractivity contribution in [3.05, 3.63) is 48.3 Å². The highest BCUT2D eigenvalue weighted by molar-refractivity contribution is 7.21. The lowest BCUT2D eigenvalue weighted by molar-refractivity contribution is -0.142. The molecule has 5 rings (SSSR count). The fourth-order valence-corrected chi connectivity index (χ4v) is 4.86. The number of thiazole rings is 1. The molecule has 0 bridgehead atoms. The number of carbonyl (C=O) groups is 1. The van der Waals surface area contributed by atoms with Crippen molar-refractivity contribution in [2.45, 2.75) is 32.4 Å². The fraction of sp³-hybridized carbons (Fsp3) is 0.318. The van der Waals surface area contributed by atoms with Gasteiger partial charge in [-0.1, -0.05) is 12.1 Å². The van der Waals surface area contributed by atoms with E-state index in [9.17, 15) is 4.79 Å². The van der Waals surface area contributed by atoms with Gasteiger partial charge in [-0.2, -0.15) is 0 Å². The smallest absolute Gasteiger partial charge is 0.303 e. The second-order valence-corrected chi connectivity index (χ2v) is 8.24. The van der Waals surface area contributed by atoms with Crippen LogP contribution in [0.1, 0.15) is 31.6 Å². The average Bonchev–Trinajstić information content (AvgIpc) is 3.33. The zero-order valence-electron chi connectivity index (χ0n) is 16.1. The standard InChI is InChI=1S/C22H21N3O3S/c1-14(26)28-13-21-23-18-12-15(22-24-17-4-2-3-5-20(17)29-22)6-7-19(18)25(21)16-8-10-27-11-9-16/h2-7,12,16H,8-11,13H2,1H3. The summed E-state index contributed by atoms with van der Waals surface area (Å²) in [6.45, 7) is 3.08. The van der Waals surface area contributed by atoms with Crippen molar-refractivity contribution in [2.75, 3.05) is 13.2 Å². The maximum absolute atomic E-state index is 11.4. The Labute approximate surface area is 172 Å². The Kier molecular flexibility index (Phi) is 4.77. The van der Waals surface area contributed by atoms with E-state index in [1.807, 2.05) is 18.2 Å². The molecule has 1 saturated heterocycles. The Balaban J connectivity index is 1.58. The molecule has 0 N–H and O–H groups in total. The summed E-state index contributed by atoms with van der Waals surface area (Å²) in [6, 6.07) is 14.8. The van der Waals surface area contributed by atoms with Gasteiger partial charge in [0.05, 0.1) is 21.3 Å². The van der Waals surface area contributed by atoms with Gasteiger partial charge in [0.15, 0.2) is 0 Å². The summed E-state index contributed by atoms with van der Waals surface area (Å²) in [6.07, 6.45) is 1.86. The number of fused-ring (bicyclic) bond motifs is 2. The molecule has 2 aromatic heterocycles. The lowest BCUT2D eigenvalue weighted by Gasteiger charge is -2.25. The van der Waals surface area contributed by atoms with Crippen LogP contribution < -0.4 is 0 Å². The summed E-state index contributed by atoms with van der Waals surface area (Å²) >= 11 is 1.68. The minimum atomic E-state index is -0.300. The molecule has 1 aliphatic rings. The Hall–Kier alpha value is -2.77. The van der Waals surface area contributed by atoms with Crippen molar-refractivity contribution in [1.82, 2.24) is 14.5 Å². The highest BCUT2D eigenvalue weighted by atomic mass is 32.1. The predicted octanol–water partition coefficient (Wildman–Crippen LogP) is 4.73. The first-order valence-electron chi connectivity index (χ1n) is 9.77. The van der Waals surface area contributed by atoms with Crippen molar-refractivity contribution >= 4 is 38.6 Å². The molecule has 7 heteroatoms. The van der Waals surface area contributed by atoms with Crippen LogP contribution in [0.15, 0.2) is 42.5 Å². The van der Waals surface area contributed by atoms with Gasteiger partial charge in [-0.3, -0.25) is 4.79 Å². The van der Waals surface area contributed by atoms with Crippen LogP contribution in [0.5, 0.6) is 0 Å². The lowest BCUT2D eigenvalue weighted by Crippen LogP contribution is -2.21. The fourth-order valence-electron chi connectivity index (χ4n) is 3.90. The number of esters is 1. The number of para-hydroxylation sites is 1. The Morgan fingerprint density at radius 1 is 1.17 bits per heavy atom. The van der Waals surface area contributed by atoms with Gasteiger partial charge >= 0.3 is 5.97 Å². The van der Waals surface area contributed by atoms with Gasteiger partial charge < -0.3 is 14.0 Å². The van der Waals surface area contributed by atoms with Gasteiger partial charge in [-0.15, -0.1) is 11.3 Å². The summed E-state index contributed by atoms with van der Waals surface area (Å²) in [4.78, 5) is 20.9. The van der Waals surface area contributed by atoms with Crippen LogP contribution in [-0.4, -0.2) is 33.7 Å². The summed E-state index contributed by atoms with van der Waals surface area (Å²) < 4.78 is 14.2. The molecule has 0 radical (unpaired) electrons. The van der Waals surface area contributed by atoms with Crippen LogP contribution in [-0.2, 0) is 20.9 Å². The zero-order chi connectivity index (χ0) is 19.8. The molecule has 3 heterocycles. The molecular formula is C22H21N3O3S. The van der Waals surface area contributed by atoms with Gasteiger partial charge in [-0.05, 0) is 43.2 Å². The summed E-state index contributed by atoms with van der Waals surface area (Å²) in [5, 5.41) is 0.982. The molecule has 0 saturated carbocycles. The van der Waals surface area contributed by atoms with E-state index < -0.39 is 0 Å². The van der Waals surface area contributed by atoms with Gasteiger partial charge in [0.2, 0.25) is 0 Å². The van der Waals surface area contributed by atoms with Crippen molar-refractivity contribution in [1.29, 1.82) is 0 Å². The van der Waals surface area contributed by atoms with Gasteiger partial charge in [0.1, 0.15) is 17.4 Å². The second-order valence-electron chi connectivity index (χ2n) is 7.21. The largest absolute Gasteiger partial charge is 0.458 e. The maximum Gasteiger partial charge on any atom is 0.303 e. The highest BCUT2D eigenvalue weighted by Crippen LogP contribution is 2.34. The maximum atomic E-state index is 11.4. The minimum absolute atomic E-state index is 0.178. The van der Waals surface area contributed by atoms with Crippen LogP contribution >= 0.6 is 11.3 Å². The number of benzene rings is 2. The van der Waals surface area contributed by atoms with Crippen LogP contribution in [0.25, 0.3) is 31.8 Å². The second kappa shape index (κ2) is 7.57. The lowest BCUT2D eigenvalue weighted by atomic mass is 10.1. The SMILES string of the molecule is CC(=O)OCc1nc2cc(-c3nc4ccccc4s3)ccc2n1C1CCOCC1. The molecule has 1 aliphatic heterocycles. The number of nitrogens with zero attached hydrogens (tertiary/aromatic N) is 3. The van der Waals surface area contributed by atoms with Crippen molar-refractivity contribution in [2.24, 2.45) is 0 Å². The Morgan fingerprint density at radius 2 is 2.00 bits per heavy atom. The molecule has 148 valence electrons. The number of rotatable bonds is 4. The summed E-state index contributed by atoms with van der Waals surface area (Å²) in [7, 11) is 0. The number of ether oxygens (including phenoxy) is 2. The van der Waals surface area contributed by atoms with E-state index in [0.29, 0.717) is 6.04 Å². The van der Waals surface area contributed by atoms with Crippen molar-refractivity contribution in [3.63, 3.8) is 0 Å². The van der Waals surface area contributed by atoms with E-state index in [2.05, 4.69) is 28.8 Å². The van der Waals surface area contributed by atoms with E-state index in [4.69, 9.17) is 19.4 Å². The Bertz CT molecular complexity index is 1160. The monoisotopic (exact) mass is 407 g/mol. The summed E-state index contributed by atoms with van der Waals surface area (Å²) in [5.41, 5.74) is 4.02. The van der Waals surface area contributed by atoms with Crippen LogP contribution in [0.4, 0.5) is 0 Å². The van der Waals surface area contributed by atoms with Crippen LogP contribution in [0.2, 0.25) is 0 Å². The summed E-state index contributed by atoms with van der Waals surface area (Å²) in [5.74, 6) is 0.481. The molecule has 0 amide bonds. The third kappa shape index (κ3) is 3.52. The molecule has 6 nitrogen and oxygen atoms in total.